The van der Waals surface area contributed by atoms with Crippen LogP contribution in [-0.4, -0.2) is 29.0 Å². The van der Waals surface area contributed by atoms with Crippen molar-refractivity contribution in [3.8, 4) is 5.75 Å². The van der Waals surface area contributed by atoms with Crippen molar-refractivity contribution in [1.29, 1.82) is 0 Å². The van der Waals surface area contributed by atoms with Crippen LogP contribution in [0.5, 0.6) is 5.75 Å². The van der Waals surface area contributed by atoms with Gasteiger partial charge >= 0.3 is 5.97 Å². The van der Waals surface area contributed by atoms with E-state index in [0.29, 0.717) is 16.1 Å². The smallest absolute Gasteiger partial charge is 0.339 e. The molecule has 0 aromatic carbocycles. The van der Waals surface area contributed by atoms with Crippen LogP contribution in [-0.2, 0) is 4.74 Å². The number of esters is 1. The van der Waals surface area contributed by atoms with Gasteiger partial charge in [0, 0.05) is 12.6 Å². The summed E-state index contributed by atoms with van der Waals surface area (Å²) in [6.07, 6.45) is 4.23. The number of alkyl halides is 1. The van der Waals surface area contributed by atoms with Gasteiger partial charge in [-0.15, -0.1) is 0 Å². The molecule has 0 spiro atoms. The van der Waals surface area contributed by atoms with Gasteiger partial charge in [-0.25, -0.2) is 4.79 Å². The fourth-order valence-electron chi connectivity index (χ4n) is 1.15. The Morgan fingerprint density at radius 3 is 2.93 bits per heavy atom. The molecule has 0 aliphatic heterocycles. The highest BCUT2D eigenvalue weighted by Crippen LogP contribution is 2.34. The number of methoxy groups -OCH3 is 1. The number of halogens is 1. The topological polar surface area (TPSA) is 48.4 Å². The summed E-state index contributed by atoms with van der Waals surface area (Å²) in [6, 6.07) is 1.64. The van der Waals surface area contributed by atoms with Gasteiger partial charge in [-0.2, -0.15) is 0 Å². The van der Waals surface area contributed by atoms with Crippen LogP contribution < -0.4 is 4.74 Å². The van der Waals surface area contributed by atoms with Crippen LogP contribution in [0.15, 0.2) is 18.5 Å². The van der Waals surface area contributed by atoms with E-state index in [2.05, 4.69) is 25.7 Å². The van der Waals surface area contributed by atoms with Gasteiger partial charge in [0.25, 0.3) is 0 Å². The molecule has 0 radical (unpaired) electrons. The second-order valence-corrected chi connectivity index (χ2v) is 4.49. The number of pyridine rings is 1. The molecule has 0 bridgehead atoms. The van der Waals surface area contributed by atoms with Crippen LogP contribution in [0.2, 0.25) is 0 Å². The normalized spacial score (nSPS) is 23.3. The van der Waals surface area contributed by atoms with Gasteiger partial charge in [0.15, 0.2) is 0 Å². The third-order valence-corrected chi connectivity index (χ3v) is 3.04. The van der Waals surface area contributed by atoms with E-state index in [9.17, 15) is 4.79 Å². The Bertz CT molecular complexity index is 383. The maximum absolute atomic E-state index is 11.2. The molecular formula is C10H10BrNO3. The Morgan fingerprint density at radius 2 is 2.33 bits per heavy atom. The molecule has 0 N–H and O–H groups in total. The minimum Gasteiger partial charge on any atom is -0.488 e. The van der Waals surface area contributed by atoms with Crippen molar-refractivity contribution in [3.63, 3.8) is 0 Å². The Hall–Kier alpha value is -1.10. The molecular weight excluding hydrogens is 262 g/mol. The van der Waals surface area contributed by atoms with Gasteiger partial charge in [-0.1, -0.05) is 15.9 Å². The molecule has 5 heteroatoms. The highest BCUT2D eigenvalue weighted by molar-refractivity contribution is 9.09. The molecule has 1 saturated carbocycles. The number of nitrogens with zero attached hydrogens (tertiary/aromatic N) is 1. The SMILES string of the molecule is COC(=O)c1cncc(OC2CC2Br)c1. The van der Waals surface area contributed by atoms with Gasteiger partial charge in [-0.3, -0.25) is 4.98 Å². The van der Waals surface area contributed by atoms with Crippen LogP contribution >= 0.6 is 15.9 Å². The van der Waals surface area contributed by atoms with Gasteiger partial charge in [0.1, 0.15) is 11.9 Å². The second kappa shape index (κ2) is 4.18. The lowest BCUT2D eigenvalue weighted by Gasteiger charge is -2.05. The summed E-state index contributed by atoms with van der Waals surface area (Å²) in [4.78, 5) is 15.5. The lowest BCUT2D eigenvalue weighted by atomic mass is 10.3. The van der Waals surface area contributed by atoms with E-state index in [1.54, 1.807) is 12.3 Å². The van der Waals surface area contributed by atoms with Crippen molar-refractivity contribution in [2.24, 2.45) is 0 Å². The summed E-state index contributed by atoms with van der Waals surface area (Å²) < 4.78 is 10.1. The van der Waals surface area contributed by atoms with E-state index in [0.717, 1.165) is 6.42 Å². The molecule has 4 nitrogen and oxygen atoms in total. The molecule has 1 aliphatic rings. The number of aromatic nitrogens is 1. The van der Waals surface area contributed by atoms with Crippen molar-refractivity contribution < 1.29 is 14.3 Å². The van der Waals surface area contributed by atoms with Crippen LogP contribution in [0.25, 0.3) is 0 Å². The van der Waals surface area contributed by atoms with E-state index < -0.39 is 5.97 Å². The number of carbonyl (C=O) groups is 1. The number of hydrogen-bond donors (Lipinski definition) is 0. The molecule has 2 atom stereocenters. The quantitative estimate of drug-likeness (QED) is 0.621. The molecule has 0 amide bonds. The number of rotatable bonds is 3. The molecule has 1 fully saturated rings. The van der Waals surface area contributed by atoms with Crippen molar-refractivity contribution >= 4 is 21.9 Å². The summed E-state index contributed by atoms with van der Waals surface area (Å²) in [5.41, 5.74) is 0.404. The Balaban J connectivity index is 2.08. The van der Waals surface area contributed by atoms with Gasteiger partial charge in [0.2, 0.25) is 0 Å². The fourth-order valence-corrected chi connectivity index (χ4v) is 1.63. The van der Waals surface area contributed by atoms with E-state index in [-0.39, 0.29) is 6.10 Å². The molecule has 1 heterocycles. The average molecular weight is 272 g/mol. The first-order chi connectivity index (χ1) is 7.20. The van der Waals surface area contributed by atoms with Gasteiger partial charge in [-0.05, 0) is 6.07 Å². The minimum atomic E-state index is -0.404. The van der Waals surface area contributed by atoms with Crippen LogP contribution in [0.4, 0.5) is 0 Å². The largest absolute Gasteiger partial charge is 0.488 e. The molecule has 80 valence electrons. The van der Waals surface area contributed by atoms with Gasteiger partial charge < -0.3 is 9.47 Å². The molecule has 1 aromatic rings. The lowest BCUT2D eigenvalue weighted by molar-refractivity contribution is 0.0599. The monoisotopic (exact) mass is 271 g/mol. The first-order valence-electron chi connectivity index (χ1n) is 4.55. The molecule has 1 aromatic heterocycles. The second-order valence-electron chi connectivity index (χ2n) is 3.31. The Kier molecular flexibility index (Phi) is 2.90. The molecule has 1 aliphatic carbocycles. The predicted molar refractivity (Wildman–Crippen MR) is 57.3 cm³/mol. The third-order valence-electron chi connectivity index (χ3n) is 2.08. The summed E-state index contributed by atoms with van der Waals surface area (Å²) in [5, 5.41) is 0. The van der Waals surface area contributed by atoms with E-state index in [1.807, 2.05) is 0 Å². The zero-order valence-electron chi connectivity index (χ0n) is 8.14. The van der Waals surface area contributed by atoms with Crippen LogP contribution in [0.1, 0.15) is 16.8 Å². The fraction of sp³-hybridized carbons (Fsp3) is 0.400. The first kappa shape index (κ1) is 10.4. The van der Waals surface area contributed by atoms with E-state index >= 15 is 0 Å². The zero-order chi connectivity index (χ0) is 10.8. The first-order valence-corrected chi connectivity index (χ1v) is 5.46. The average Bonchev–Trinajstić information content (AvgIpc) is 2.93. The highest BCUT2D eigenvalue weighted by atomic mass is 79.9. The maximum Gasteiger partial charge on any atom is 0.339 e. The summed E-state index contributed by atoms with van der Waals surface area (Å²) in [6.45, 7) is 0. The third kappa shape index (κ3) is 2.47. The van der Waals surface area contributed by atoms with Crippen LogP contribution in [0.3, 0.4) is 0 Å². The zero-order valence-corrected chi connectivity index (χ0v) is 9.73. The van der Waals surface area contributed by atoms with Crippen molar-refractivity contribution in [3.05, 3.63) is 24.0 Å². The van der Waals surface area contributed by atoms with Crippen molar-refractivity contribution in [2.75, 3.05) is 7.11 Å². The number of hydrogen-bond acceptors (Lipinski definition) is 4. The summed E-state index contributed by atoms with van der Waals surface area (Å²) >= 11 is 3.43. The highest BCUT2D eigenvalue weighted by Gasteiger charge is 2.37. The minimum absolute atomic E-state index is 0.194. The Labute approximate surface area is 95.7 Å². The van der Waals surface area contributed by atoms with E-state index in [4.69, 9.17) is 4.74 Å². The van der Waals surface area contributed by atoms with Crippen molar-refractivity contribution in [2.45, 2.75) is 17.4 Å². The standard InChI is InChI=1S/C10H10BrNO3/c1-14-10(13)6-2-7(5-12-4-6)15-9-3-8(9)11/h2,4-5,8-9H,3H2,1H3. The molecule has 0 saturated heterocycles. The molecule has 2 unspecified atom stereocenters. The van der Waals surface area contributed by atoms with Gasteiger partial charge in [0.05, 0.1) is 23.7 Å². The summed E-state index contributed by atoms with van der Waals surface area (Å²) in [7, 11) is 1.34. The molecule has 15 heavy (non-hydrogen) atoms. The Morgan fingerprint density at radius 1 is 1.60 bits per heavy atom. The lowest BCUT2D eigenvalue weighted by Crippen LogP contribution is -2.04. The van der Waals surface area contributed by atoms with Crippen molar-refractivity contribution in [1.82, 2.24) is 4.98 Å². The molecule has 2 rings (SSSR count). The van der Waals surface area contributed by atoms with Crippen LogP contribution in [0, 0.1) is 0 Å². The number of ether oxygens (including phenoxy) is 2. The summed E-state index contributed by atoms with van der Waals surface area (Å²) in [5.74, 6) is 0.198. The maximum atomic E-state index is 11.2. The number of carbonyl (C=O) groups excluding carboxylic acids is 1. The van der Waals surface area contributed by atoms with E-state index in [1.165, 1.54) is 13.3 Å². The predicted octanol–water partition coefficient (Wildman–Crippen LogP) is 1.78.